The molecule has 1 N–H and O–H groups in total. The van der Waals surface area contributed by atoms with Crippen molar-refractivity contribution in [2.45, 2.75) is 31.8 Å². The van der Waals surface area contributed by atoms with E-state index in [-0.39, 0.29) is 24.3 Å². The second kappa shape index (κ2) is 6.87. The number of carboxylic acids is 1. The maximum Gasteiger partial charge on any atom is 0.320 e. The summed E-state index contributed by atoms with van der Waals surface area (Å²) in [6.07, 6.45) is 1.38. The zero-order chi connectivity index (χ0) is 16.3. The molecule has 1 aromatic carbocycles. The first-order valence-corrected chi connectivity index (χ1v) is 7.38. The van der Waals surface area contributed by atoms with Crippen LogP contribution in [0.1, 0.15) is 31.4 Å². The highest BCUT2D eigenvalue weighted by molar-refractivity contribution is 5.80. The Bertz CT molecular complexity index is 547. The fourth-order valence-corrected chi connectivity index (χ4v) is 2.76. The Balaban J connectivity index is 1.99. The molecule has 1 fully saturated rings. The number of benzene rings is 1. The van der Waals surface area contributed by atoms with Crippen molar-refractivity contribution in [3.63, 3.8) is 0 Å². The molecule has 1 aromatic rings. The van der Waals surface area contributed by atoms with Crippen molar-refractivity contribution in [2.24, 2.45) is 0 Å². The number of carbonyl (C=O) groups is 2. The lowest BCUT2D eigenvalue weighted by molar-refractivity contribution is -0.143. The molecular weight excluding hydrogens is 287 g/mol. The standard InChI is InChI=1S/C16H21FN2O3/c1-11(12-5-7-13(17)8-6-12)18(2)15(20)10-19-9-3-4-14(19)16(21)22/h5-8,11,14H,3-4,9-10H2,1-2H3,(H,21,22)/t11-,14-/m1/s1. The van der Waals surface area contributed by atoms with Crippen molar-refractivity contribution in [3.05, 3.63) is 35.6 Å². The average Bonchev–Trinajstić information content (AvgIpc) is 2.94. The van der Waals surface area contributed by atoms with Gasteiger partial charge in [0.15, 0.2) is 0 Å². The average molecular weight is 308 g/mol. The van der Waals surface area contributed by atoms with Gasteiger partial charge < -0.3 is 10.0 Å². The van der Waals surface area contributed by atoms with Crippen LogP contribution >= 0.6 is 0 Å². The molecule has 1 aliphatic heterocycles. The van der Waals surface area contributed by atoms with E-state index in [4.69, 9.17) is 5.11 Å². The molecule has 0 aromatic heterocycles. The molecular formula is C16H21FN2O3. The third kappa shape index (κ3) is 3.62. The zero-order valence-electron chi connectivity index (χ0n) is 12.8. The van der Waals surface area contributed by atoms with Crippen LogP contribution in [0.5, 0.6) is 0 Å². The number of nitrogens with zero attached hydrogens (tertiary/aromatic N) is 2. The Morgan fingerprint density at radius 1 is 1.41 bits per heavy atom. The molecule has 1 amide bonds. The molecule has 0 spiro atoms. The Kier molecular flexibility index (Phi) is 5.13. The minimum atomic E-state index is -0.875. The van der Waals surface area contributed by atoms with Gasteiger partial charge in [0.05, 0.1) is 12.6 Å². The summed E-state index contributed by atoms with van der Waals surface area (Å²) >= 11 is 0. The van der Waals surface area contributed by atoms with Crippen molar-refractivity contribution in [1.82, 2.24) is 9.80 Å². The van der Waals surface area contributed by atoms with Crippen molar-refractivity contribution in [3.8, 4) is 0 Å². The van der Waals surface area contributed by atoms with Crippen molar-refractivity contribution in [2.75, 3.05) is 20.1 Å². The Labute approximate surface area is 129 Å². The number of rotatable bonds is 5. The van der Waals surface area contributed by atoms with Crippen molar-refractivity contribution >= 4 is 11.9 Å². The van der Waals surface area contributed by atoms with Crippen molar-refractivity contribution < 1.29 is 19.1 Å². The predicted octanol–water partition coefficient (Wildman–Crippen LogP) is 1.89. The van der Waals surface area contributed by atoms with Gasteiger partial charge in [0.2, 0.25) is 5.91 Å². The molecule has 1 heterocycles. The van der Waals surface area contributed by atoms with E-state index in [0.29, 0.717) is 13.0 Å². The summed E-state index contributed by atoms with van der Waals surface area (Å²) in [7, 11) is 1.68. The van der Waals surface area contributed by atoms with Crippen molar-refractivity contribution in [1.29, 1.82) is 0 Å². The lowest BCUT2D eigenvalue weighted by atomic mass is 10.1. The van der Waals surface area contributed by atoms with Gasteiger partial charge in [-0.15, -0.1) is 0 Å². The molecule has 2 rings (SSSR count). The molecule has 1 saturated heterocycles. The molecule has 1 aliphatic rings. The number of amides is 1. The number of hydrogen-bond acceptors (Lipinski definition) is 3. The molecule has 2 atom stereocenters. The number of hydrogen-bond donors (Lipinski definition) is 1. The van der Waals surface area contributed by atoms with Gasteiger partial charge in [-0.3, -0.25) is 14.5 Å². The number of likely N-dealkylation sites (tertiary alicyclic amines) is 1. The first-order chi connectivity index (χ1) is 10.4. The first-order valence-electron chi connectivity index (χ1n) is 7.38. The highest BCUT2D eigenvalue weighted by Crippen LogP contribution is 2.21. The van der Waals surface area contributed by atoms with E-state index >= 15 is 0 Å². The molecule has 0 aliphatic carbocycles. The third-order valence-corrected chi connectivity index (χ3v) is 4.31. The molecule has 6 heteroatoms. The Hall–Kier alpha value is -1.95. The molecule has 5 nitrogen and oxygen atoms in total. The zero-order valence-corrected chi connectivity index (χ0v) is 12.8. The van der Waals surface area contributed by atoms with E-state index < -0.39 is 12.0 Å². The van der Waals surface area contributed by atoms with Gasteiger partial charge in [-0.1, -0.05) is 12.1 Å². The number of carboxylic acid groups (broad SMARTS) is 1. The maximum atomic E-state index is 13.0. The van der Waals surface area contributed by atoms with E-state index in [9.17, 15) is 14.0 Å². The van der Waals surface area contributed by atoms with Gasteiger partial charge in [0, 0.05) is 7.05 Å². The van der Waals surface area contributed by atoms with E-state index in [1.165, 1.54) is 12.1 Å². The van der Waals surface area contributed by atoms with E-state index in [1.54, 1.807) is 29.0 Å². The first kappa shape index (κ1) is 16.4. The molecule has 0 unspecified atom stereocenters. The fraction of sp³-hybridized carbons (Fsp3) is 0.500. The fourth-order valence-electron chi connectivity index (χ4n) is 2.76. The van der Waals surface area contributed by atoms with Gasteiger partial charge in [0.25, 0.3) is 0 Å². The number of halogens is 1. The summed E-state index contributed by atoms with van der Waals surface area (Å²) < 4.78 is 13.0. The van der Waals surface area contributed by atoms with Crippen LogP contribution in [0.25, 0.3) is 0 Å². The molecule has 120 valence electrons. The number of carbonyl (C=O) groups excluding carboxylic acids is 1. The molecule has 0 bridgehead atoms. The lowest BCUT2D eigenvalue weighted by Gasteiger charge is -2.28. The summed E-state index contributed by atoms with van der Waals surface area (Å²) in [4.78, 5) is 26.8. The summed E-state index contributed by atoms with van der Waals surface area (Å²) in [5.41, 5.74) is 0.841. The Morgan fingerprint density at radius 3 is 2.64 bits per heavy atom. The number of aliphatic carboxylic acids is 1. The van der Waals surface area contributed by atoms with Gasteiger partial charge in [-0.25, -0.2) is 4.39 Å². The summed E-state index contributed by atoms with van der Waals surface area (Å²) in [6.45, 7) is 2.59. The second-order valence-corrected chi connectivity index (χ2v) is 5.70. The normalized spacial score (nSPS) is 19.9. The van der Waals surface area contributed by atoms with E-state index in [0.717, 1.165) is 12.0 Å². The van der Waals surface area contributed by atoms with E-state index in [2.05, 4.69) is 0 Å². The van der Waals surface area contributed by atoms with Crippen LogP contribution in [0.4, 0.5) is 4.39 Å². The smallest absolute Gasteiger partial charge is 0.320 e. The van der Waals surface area contributed by atoms with Gasteiger partial charge in [-0.05, 0) is 44.0 Å². The van der Waals surface area contributed by atoms with Crippen LogP contribution < -0.4 is 0 Å². The predicted molar refractivity (Wildman–Crippen MR) is 79.8 cm³/mol. The highest BCUT2D eigenvalue weighted by atomic mass is 19.1. The third-order valence-electron chi connectivity index (χ3n) is 4.31. The summed E-state index contributed by atoms with van der Waals surface area (Å²) in [5.74, 6) is -1.32. The minimum Gasteiger partial charge on any atom is -0.480 e. The van der Waals surface area contributed by atoms with Crippen LogP contribution in [-0.2, 0) is 9.59 Å². The topological polar surface area (TPSA) is 60.9 Å². The molecule has 0 saturated carbocycles. The van der Waals surface area contributed by atoms with Crippen LogP contribution in [0.2, 0.25) is 0 Å². The quantitative estimate of drug-likeness (QED) is 0.902. The lowest BCUT2D eigenvalue weighted by Crippen LogP contribution is -2.44. The van der Waals surface area contributed by atoms with Gasteiger partial charge in [-0.2, -0.15) is 0 Å². The largest absolute Gasteiger partial charge is 0.480 e. The summed E-state index contributed by atoms with van der Waals surface area (Å²) in [5, 5.41) is 9.15. The minimum absolute atomic E-state index is 0.0962. The molecule has 22 heavy (non-hydrogen) atoms. The van der Waals surface area contributed by atoms with Gasteiger partial charge in [0.1, 0.15) is 11.9 Å². The maximum absolute atomic E-state index is 13.0. The highest BCUT2D eigenvalue weighted by Gasteiger charge is 2.32. The van der Waals surface area contributed by atoms with Crippen LogP contribution in [-0.4, -0.2) is 53.0 Å². The monoisotopic (exact) mass is 308 g/mol. The van der Waals surface area contributed by atoms with Crippen LogP contribution in [0, 0.1) is 5.82 Å². The SMILES string of the molecule is C[C@H](c1ccc(F)cc1)N(C)C(=O)CN1CCC[C@@H]1C(=O)O. The van der Waals surface area contributed by atoms with Gasteiger partial charge >= 0.3 is 5.97 Å². The second-order valence-electron chi connectivity index (χ2n) is 5.70. The summed E-state index contributed by atoms with van der Waals surface area (Å²) in [6, 6.07) is 5.27. The van der Waals surface area contributed by atoms with Crippen LogP contribution in [0.3, 0.4) is 0 Å². The van der Waals surface area contributed by atoms with Crippen LogP contribution in [0.15, 0.2) is 24.3 Å². The van der Waals surface area contributed by atoms with E-state index in [1.807, 2.05) is 6.92 Å². The molecule has 0 radical (unpaired) electrons. The number of likely N-dealkylation sites (N-methyl/N-ethyl adjacent to an activating group) is 1. The Morgan fingerprint density at radius 2 is 2.05 bits per heavy atom.